The molecular weight excluding hydrogens is 174 g/mol. The number of benzene rings is 1. The van der Waals surface area contributed by atoms with E-state index in [1.807, 2.05) is 18.2 Å². The summed E-state index contributed by atoms with van der Waals surface area (Å²) in [5.74, 6) is 0.383. The van der Waals surface area contributed by atoms with Crippen molar-refractivity contribution in [2.75, 3.05) is 0 Å². The Labute approximate surface area is 85.0 Å². The van der Waals surface area contributed by atoms with Crippen LogP contribution in [0.5, 0.6) is 0 Å². The Balaban J connectivity index is 2.00. The largest absolute Gasteiger partial charge is 0.376 e. The van der Waals surface area contributed by atoms with E-state index in [9.17, 15) is 5.11 Å². The monoisotopic (exact) mass is 191 g/mol. The molecule has 0 bridgehead atoms. The van der Waals surface area contributed by atoms with Crippen molar-refractivity contribution in [2.24, 2.45) is 5.92 Å². The maximum Gasteiger partial charge on any atom is 0.119 e. The van der Waals surface area contributed by atoms with Gasteiger partial charge in [-0.1, -0.05) is 37.3 Å². The molecule has 1 aromatic carbocycles. The quantitative estimate of drug-likeness (QED) is 0.717. The summed E-state index contributed by atoms with van der Waals surface area (Å²) >= 11 is 0. The average molecular weight is 191 g/mol. The van der Waals surface area contributed by atoms with Crippen LogP contribution in [-0.2, 0) is 0 Å². The van der Waals surface area contributed by atoms with Crippen LogP contribution in [0.2, 0.25) is 0 Å². The smallest absolute Gasteiger partial charge is 0.119 e. The maximum atomic E-state index is 9.92. The molecule has 0 spiro atoms. The van der Waals surface area contributed by atoms with Crippen LogP contribution in [0.25, 0.3) is 0 Å². The Morgan fingerprint density at radius 2 is 2.00 bits per heavy atom. The summed E-state index contributed by atoms with van der Waals surface area (Å²) in [5.41, 5.74) is 0.606. The molecule has 0 aliphatic heterocycles. The fraction of sp³-hybridized carbons (Fsp3) is 0.500. The van der Waals surface area contributed by atoms with Crippen molar-refractivity contribution in [3.63, 3.8) is 0 Å². The predicted octanol–water partition coefficient (Wildman–Crippen LogP) is 2.07. The molecule has 0 saturated heterocycles. The molecule has 1 aromatic rings. The van der Waals surface area contributed by atoms with Gasteiger partial charge in [0.15, 0.2) is 0 Å². The first-order chi connectivity index (χ1) is 6.62. The highest BCUT2D eigenvalue weighted by Gasteiger charge is 2.50. The van der Waals surface area contributed by atoms with Crippen LogP contribution in [0.4, 0.5) is 0 Å². The van der Waals surface area contributed by atoms with Crippen molar-refractivity contribution in [3.8, 4) is 0 Å². The molecule has 1 fully saturated rings. The average Bonchev–Trinajstić information content (AvgIpc) is 2.75. The molecule has 0 radical (unpaired) electrons. The van der Waals surface area contributed by atoms with Crippen LogP contribution in [0.3, 0.4) is 0 Å². The van der Waals surface area contributed by atoms with Gasteiger partial charge in [0.1, 0.15) is 5.72 Å². The second kappa shape index (κ2) is 3.37. The summed E-state index contributed by atoms with van der Waals surface area (Å²) < 4.78 is 0. The molecule has 0 unspecified atom stereocenters. The minimum atomic E-state index is -0.616. The second-order valence-electron chi connectivity index (χ2n) is 4.31. The fourth-order valence-electron chi connectivity index (χ4n) is 1.81. The highest BCUT2D eigenvalue weighted by atomic mass is 16.3. The Morgan fingerprint density at radius 3 is 2.50 bits per heavy atom. The third-order valence-electron chi connectivity index (χ3n) is 3.04. The van der Waals surface area contributed by atoms with Crippen LogP contribution in [0.1, 0.15) is 31.9 Å². The molecule has 3 atom stereocenters. The zero-order chi connectivity index (χ0) is 10.2. The van der Waals surface area contributed by atoms with Gasteiger partial charge in [-0.2, -0.15) is 0 Å². The van der Waals surface area contributed by atoms with Gasteiger partial charge in [0.25, 0.3) is 0 Å². The van der Waals surface area contributed by atoms with E-state index >= 15 is 0 Å². The Morgan fingerprint density at radius 1 is 1.43 bits per heavy atom. The summed E-state index contributed by atoms with van der Waals surface area (Å²) in [7, 11) is 0. The van der Waals surface area contributed by atoms with E-state index in [4.69, 9.17) is 0 Å². The highest BCUT2D eigenvalue weighted by Crippen LogP contribution is 2.41. The summed E-state index contributed by atoms with van der Waals surface area (Å²) in [6, 6.07) is 10.4. The zero-order valence-electron chi connectivity index (χ0n) is 8.70. The van der Waals surface area contributed by atoms with Gasteiger partial charge < -0.3 is 5.11 Å². The topological polar surface area (TPSA) is 32.3 Å². The minimum absolute atomic E-state index is 0.214. The van der Waals surface area contributed by atoms with Crippen LogP contribution in [-0.4, -0.2) is 10.8 Å². The summed E-state index contributed by atoms with van der Waals surface area (Å²) in [6.45, 7) is 4.14. The SMILES string of the molecule is C[C@H](N[C@]1(O)C[C@@H]1C)c1ccccc1. The van der Waals surface area contributed by atoms with Crippen molar-refractivity contribution in [2.45, 2.75) is 32.0 Å². The first kappa shape index (κ1) is 9.69. The molecule has 0 heterocycles. The van der Waals surface area contributed by atoms with Crippen LogP contribution >= 0.6 is 0 Å². The first-order valence-electron chi connectivity index (χ1n) is 5.17. The number of hydrogen-bond acceptors (Lipinski definition) is 2. The van der Waals surface area contributed by atoms with Crippen LogP contribution < -0.4 is 5.32 Å². The second-order valence-corrected chi connectivity index (χ2v) is 4.31. The molecule has 2 heteroatoms. The van der Waals surface area contributed by atoms with Gasteiger partial charge in [-0.05, 0) is 18.9 Å². The molecule has 1 saturated carbocycles. The van der Waals surface area contributed by atoms with Gasteiger partial charge >= 0.3 is 0 Å². The van der Waals surface area contributed by atoms with E-state index in [0.717, 1.165) is 6.42 Å². The number of aliphatic hydroxyl groups is 1. The predicted molar refractivity (Wildman–Crippen MR) is 56.7 cm³/mol. The van der Waals surface area contributed by atoms with Crippen molar-refractivity contribution >= 4 is 0 Å². The molecule has 2 rings (SSSR count). The Hall–Kier alpha value is -0.860. The maximum absolute atomic E-state index is 9.92. The van der Waals surface area contributed by atoms with Gasteiger partial charge in [0.2, 0.25) is 0 Å². The lowest BCUT2D eigenvalue weighted by Crippen LogP contribution is -2.34. The molecule has 1 aliphatic carbocycles. The molecule has 2 nitrogen and oxygen atoms in total. The van der Waals surface area contributed by atoms with E-state index in [1.165, 1.54) is 5.56 Å². The van der Waals surface area contributed by atoms with E-state index in [1.54, 1.807) is 0 Å². The Bertz CT molecular complexity index is 311. The standard InChI is InChI=1S/C12H17NO/c1-9-8-12(9,14)13-10(2)11-6-4-3-5-7-11/h3-7,9-10,13-14H,8H2,1-2H3/t9-,10-,12-/m0/s1. The minimum Gasteiger partial charge on any atom is -0.376 e. The molecule has 76 valence electrons. The number of nitrogens with one attached hydrogen (secondary N) is 1. The number of rotatable bonds is 3. The zero-order valence-corrected chi connectivity index (χ0v) is 8.70. The molecule has 1 aliphatic rings. The van der Waals surface area contributed by atoms with Crippen molar-refractivity contribution < 1.29 is 5.11 Å². The van der Waals surface area contributed by atoms with Crippen molar-refractivity contribution in [1.82, 2.24) is 5.32 Å². The van der Waals surface area contributed by atoms with Gasteiger partial charge in [-0.3, -0.25) is 5.32 Å². The van der Waals surface area contributed by atoms with E-state index in [-0.39, 0.29) is 6.04 Å². The lowest BCUT2D eigenvalue weighted by atomic mass is 10.1. The lowest BCUT2D eigenvalue weighted by molar-refractivity contribution is 0.0842. The van der Waals surface area contributed by atoms with Gasteiger partial charge in [-0.25, -0.2) is 0 Å². The van der Waals surface area contributed by atoms with E-state index < -0.39 is 5.72 Å². The molecular formula is C12H17NO. The fourth-order valence-corrected chi connectivity index (χ4v) is 1.81. The molecule has 14 heavy (non-hydrogen) atoms. The van der Waals surface area contributed by atoms with Gasteiger partial charge in [0.05, 0.1) is 0 Å². The van der Waals surface area contributed by atoms with Crippen LogP contribution in [0.15, 0.2) is 30.3 Å². The highest BCUT2D eigenvalue weighted by molar-refractivity contribution is 5.19. The lowest BCUT2D eigenvalue weighted by Gasteiger charge is -2.19. The third-order valence-corrected chi connectivity index (χ3v) is 3.04. The summed E-state index contributed by atoms with van der Waals surface area (Å²) in [4.78, 5) is 0. The van der Waals surface area contributed by atoms with Crippen molar-refractivity contribution in [1.29, 1.82) is 0 Å². The molecule has 2 N–H and O–H groups in total. The third kappa shape index (κ3) is 1.81. The summed E-state index contributed by atoms with van der Waals surface area (Å²) in [6.07, 6.45) is 0.865. The molecule has 0 amide bonds. The van der Waals surface area contributed by atoms with Crippen molar-refractivity contribution in [3.05, 3.63) is 35.9 Å². The molecule has 0 aromatic heterocycles. The summed E-state index contributed by atoms with van der Waals surface area (Å²) in [5, 5.41) is 13.2. The van der Waals surface area contributed by atoms with Crippen LogP contribution in [0, 0.1) is 5.92 Å². The number of hydrogen-bond donors (Lipinski definition) is 2. The first-order valence-corrected chi connectivity index (χ1v) is 5.17. The normalized spacial score (nSPS) is 32.6. The van der Waals surface area contributed by atoms with Gasteiger partial charge in [0, 0.05) is 12.0 Å². The van der Waals surface area contributed by atoms with E-state index in [0.29, 0.717) is 5.92 Å². The Kier molecular flexibility index (Phi) is 2.33. The van der Waals surface area contributed by atoms with Gasteiger partial charge in [-0.15, -0.1) is 0 Å². The van der Waals surface area contributed by atoms with E-state index in [2.05, 4.69) is 31.3 Å².